The lowest BCUT2D eigenvalue weighted by atomic mass is 10.0. The molecule has 0 aromatic heterocycles. The molecule has 4 N–H and O–H groups in total. The van der Waals surface area contributed by atoms with E-state index in [4.69, 9.17) is 22.4 Å². The Morgan fingerprint density at radius 3 is 2.25 bits per heavy atom. The molecule has 0 heterocycles. The van der Waals surface area contributed by atoms with Gasteiger partial charge in [-0.25, -0.2) is 4.79 Å². The van der Waals surface area contributed by atoms with Gasteiger partial charge in [0.1, 0.15) is 0 Å². The van der Waals surface area contributed by atoms with Crippen LogP contribution in [0.15, 0.2) is 18.2 Å². The number of aliphatic carboxylic acids is 1. The predicted molar refractivity (Wildman–Crippen MR) is 65.7 cm³/mol. The topological polar surface area (TPSA) is 92.4 Å². The van der Waals surface area contributed by atoms with Crippen LogP contribution in [0.1, 0.15) is 17.3 Å². The van der Waals surface area contributed by atoms with E-state index in [0.29, 0.717) is 6.92 Å². The summed E-state index contributed by atoms with van der Waals surface area (Å²) in [6.07, 6.45) is -5.03. The van der Waals surface area contributed by atoms with Crippen molar-refractivity contribution in [1.29, 1.82) is 0 Å². The maximum absolute atomic E-state index is 12.8. The first-order chi connectivity index (χ1) is 8.99. The molecule has 0 saturated heterocycles. The fourth-order valence-corrected chi connectivity index (χ4v) is 1.60. The summed E-state index contributed by atoms with van der Waals surface area (Å²) in [4.78, 5) is 21.8. The largest absolute Gasteiger partial charge is 0.479 e. The third-order valence-electron chi connectivity index (χ3n) is 2.62. The number of carbonyl (C=O) groups excluding carboxylic acids is 1. The Kier molecular flexibility index (Phi) is 4.18. The Bertz CT molecular complexity index is 562. The number of alkyl halides is 3. The van der Waals surface area contributed by atoms with Crippen LogP contribution < -0.4 is 11.1 Å². The number of benzene rings is 1. The number of anilines is 1. The van der Waals surface area contributed by atoms with Gasteiger partial charge in [-0.15, -0.1) is 0 Å². The van der Waals surface area contributed by atoms with Crippen molar-refractivity contribution >= 4 is 29.2 Å². The number of rotatable bonds is 4. The molecule has 0 spiro atoms. The first-order valence-electron chi connectivity index (χ1n) is 5.16. The van der Waals surface area contributed by atoms with Crippen molar-refractivity contribution in [2.45, 2.75) is 18.6 Å². The van der Waals surface area contributed by atoms with Crippen molar-refractivity contribution in [3.05, 3.63) is 28.8 Å². The monoisotopic (exact) mass is 310 g/mol. The van der Waals surface area contributed by atoms with Gasteiger partial charge in [-0.05, 0) is 25.1 Å². The smallest absolute Gasteiger partial charge is 0.422 e. The highest BCUT2D eigenvalue weighted by Crippen LogP contribution is 2.34. The first-order valence-corrected chi connectivity index (χ1v) is 5.54. The number of carboxylic acids is 1. The summed E-state index contributed by atoms with van der Waals surface area (Å²) >= 11 is 5.68. The van der Waals surface area contributed by atoms with Crippen molar-refractivity contribution < 1.29 is 27.9 Å². The minimum absolute atomic E-state index is 0.0822. The van der Waals surface area contributed by atoms with E-state index in [1.54, 1.807) is 0 Å². The molecule has 0 saturated carbocycles. The maximum atomic E-state index is 12.8. The number of nitrogens with two attached hydrogens (primary N) is 1. The van der Waals surface area contributed by atoms with Gasteiger partial charge in [-0.1, -0.05) is 11.6 Å². The molecule has 1 amide bonds. The lowest BCUT2D eigenvalue weighted by Crippen LogP contribution is -2.55. The second kappa shape index (κ2) is 5.20. The molecule has 0 aliphatic carbocycles. The van der Waals surface area contributed by atoms with E-state index in [-0.39, 0.29) is 16.3 Å². The van der Waals surface area contributed by atoms with Crippen molar-refractivity contribution in [1.82, 2.24) is 0 Å². The summed E-state index contributed by atoms with van der Waals surface area (Å²) in [6, 6.07) is 3.18. The van der Waals surface area contributed by atoms with Crippen LogP contribution in [0, 0.1) is 0 Å². The third-order valence-corrected chi connectivity index (χ3v) is 2.94. The number of amides is 1. The fraction of sp³-hybridized carbons (Fsp3) is 0.273. The number of carboxylic acid groups (broad SMARTS) is 1. The quantitative estimate of drug-likeness (QED) is 0.795. The standard InChI is InChI=1S/C11H10ClF3N2O3/c1-10(9(19)20,11(13,14)15)17-5-2-3-6(8(16)18)7(12)4-5/h2-4,17H,1H3,(H2,16,18)(H,19,20). The normalized spacial score (nSPS) is 14.4. The fourth-order valence-electron chi connectivity index (χ4n) is 1.33. The molecule has 1 aromatic carbocycles. The highest BCUT2D eigenvalue weighted by Gasteiger charge is 2.57. The van der Waals surface area contributed by atoms with Crippen LogP contribution in [0.25, 0.3) is 0 Å². The van der Waals surface area contributed by atoms with E-state index in [9.17, 15) is 22.8 Å². The van der Waals surface area contributed by atoms with Crippen molar-refractivity contribution in [3.8, 4) is 0 Å². The molecule has 1 rings (SSSR count). The van der Waals surface area contributed by atoms with Crippen LogP contribution in [0.2, 0.25) is 5.02 Å². The number of carbonyl (C=O) groups is 2. The molecule has 20 heavy (non-hydrogen) atoms. The van der Waals surface area contributed by atoms with Gasteiger partial charge in [-0.3, -0.25) is 4.79 Å². The zero-order valence-corrected chi connectivity index (χ0v) is 10.8. The van der Waals surface area contributed by atoms with E-state index < -0.39 is 23.6 Å². The van der Waals surface area contributed by atoms with Crippen LogP contribution in [0.5, 0.6) is 0 Å². The van der Waals surface area contributed by atoms with E-state index in [0.717, 1.165) is 18.2 Å². The Morgan fingerprint density at radius 2 is 1.90 bits per heavy atom. The molecule has 0 aliphatic heterocycles. The molecule has 1 unspecified atom stereocenters. The van der Waals surface area contributed by atoms with E-state index in [2.05, 4.69) is 0 Å². The molecule has 1 aromatic rings. The number of hydrogen-bond acceptors (Lipinski definition) is 3. The van der Waals surface area contributed by atoms with Gasteiger partial charge in [0.15, 0.2) is 0 Å². The summed E-state index contributed by atoms with van der Waals surface area (Å²) in [7, 11) is 0. The van der Waals surface area contributed by atoms with Gasteiger partial charge in [0, 0.05) is 5.69 Å². The highest BCUT2D eigenvalue weighted by atomic mass is 35.5. The van der Waals surface area contributed by atoms with Crippen molar-refractivity contribution in [2.24, 2.45) is 5.73 Å². The lowest BCUT2D eigenvalue weighted by molar-refractivity contribution is -0.192. The lowest BCUT2D eigenvalue weighted by Gasteiger charge is -2.29. The number of hydrogen-bond donors (Lipinski definition) is 3. The van der Waals surface area contributed by atoms with Gasteiger partial charge >= 0.3 is 12.1 Å². The Hall–Kier alpha value is -1.96. The summed E-state index contributed by atoms with van der Waals surface area (Å²) in [5.74, 6) is -2.95. The molecular formula is C11H10ClF3N2O3. The molecule has 0 fully saturated rings. The van der Waals surface area contributed by atoms with Crippen LogP contribution in [-0.4, -0.2) is 28.7 Å². The molecule has 9 heteroatoms. The first kappa shape index (κ1) is 16.1. The second-order valence-electron chi connectivity index (χ2n) is 4.11. The van der Waals surface area contributed by atoms with Crippen molar-refractivity contribution in [2.75, 3.05) is 5.32 Å². The van der Waals surface area contributed by atoms with Gasteiger partial charge in [0.05, 0.1) is 10.6 Å². The molecule has 0 radical (unpaired) electrons. The molecular weight excluding hydrogens is 301 g/mol. The summed E-state index contributed by atoms with van der Waals surface area (Å²) in [5, 5.41) is 10.4. The minimum Gasteiger partial charge on any atom is -0.479 e. The van der Waals surface area contributed by atoms with Gasteiger partial charge in [-0.2, -0.15) is 13.2 Å². The predicted octanol–water partition coefficient (Wildman–Crippen LogP) is 2.26. The second-order valence-corrected chi connectivity index (χ2v) is 4.52. The Morgan fingerprint density at radius 1 is 1.35 bits per heavy atom. The number of primary amides is 1. The van der Waals surface area contributed by atoms with Crippen LogP contribution in [0.3, 0.4) is 0 Å². The summed E-state index contributed by atoms with van der Waals surface area (Å²) < 4.78 is 38.4. The van der Waals surface area contributed by atoms with Crippen molar-refractivity contribution in [3.63, 3.8) is 0 Å². The third kappa shape index (κ3) is 2.96. The average Bonchev–Trinajstić information content (AvgIpc) is 2.26. The summed E-state index contributed by atoms with van der Waals surface area (Å²) in [6.45, 7) is 0.477. The zero-order chi connectivity index (χ0) is 15.7. The number of nitrogens with one attached hydrogen (secondary N) is 1. The van der Waals surface area contributed by atoms with Crippen LogP contribution >= 0.6 is 11.6 Å². The Balaban J connectivity index is 3.18. The van der Waals surface area contributed by atoms with Gasteiger partial charge in [0.2, 0.25) is 11.4 Å². The van der Waals surface area contributed by atoms with Crippen LogP contribution in [0.4, 0.5) is 18.9 Å². The zero-order valence-electron chi connectivity index (χ0n) is 10.1. The maximum Gasteiger partial charge on any atom is 0.422 e. The molecule has 0 bridgehead atoms. The Labute approximate surface area is 116 Å². The highest BCUT2D eigenvalue weighted by molar-refractivity contribution is 6.34. The number of halogens is 4. The molecule has 5 nitrogen and oxygen atoms in total. The van der Waals surface area contributed by atoms with Gasteiger partial charge in [0.25, 0.3) is 0 Å². The SMILES string of the molecule is CC(Nc1ccc(C(N)=O)c(Cl)c1)(C(=O)O)C(F)(F)F. The van der Waals surface area contributed by atoms with Crippen LogP contribution in [-0.2, 0) is 4.79 Å². The molecule has 0 aliphatic rings. The average molecular weight is 311 g/mol. The molecule has 110 valence electrons. The summed E-state index contributed by atoms with van der Waals surface area (Å²) in [5.41, 5.74) is 1.51. The molecule has 1 atom stereocenters. The van der Waals surface area contributed by atoms with Gasteiger partial charge < -0.3 is 16.2 Å². The van der Waals surface area contributed by atoms with E-state index in [1.165, 1.54) is 0 Å². The van der Waals surface area contributed by atoms with E-state index in [1.807, 2.05) is 5.32 Å². The van der Waals surface area contributed by atoms with E-state index >= 15 is 0 Å². The minimum atomic E-state index is -5.03.